The summed E-state index contributed by atoms with van der Waals surface area (Å²) in [5, 5.41) is 0. The first-order chi connectivity index (χ1) is 15.7. The number of ketones is 1. The second-order valence-electron chi connectivity index (χ2n) is 8.03. The fraction of sp³-hybridized carbons (Fsp3) is 0.385. The SMILES string of the molecule is CCCOc1ccccc1C(=O)CCc1coc(-c2ccc(OC)c(OCC3CC3)c2)n1. The molecule has 0 N–H and O–H groups in total. The molecule has 0 unspecified atom stereocenters. The number of para-hydroxylation sites is 1. The first kappa shape index (κ1) is 21.9. The third kappa shape index (κ3) is 5.49. The molecule has 0 atom stereocenters. The van der Waals surface area contributed by atoms with Crippen LogP contribution in [-0.2, 0) is 6.42 Å². The molecule has 1 saturated carbocycles. The van der Waals surface area contributed by atoms with Gasteiger partial charge in [-0.3, -0.25) is 4.79 Å². The van der Waals surface area contributed by atoms with Gasteiger partial charge in [0, 0.05) is 18.4 Å². The second kappa shape index (κ2) is 10.4. The number of rotatable bonds is 12. The maximum atomic E-state index is 12.8. The van der Waals surface area contributed by atoms with Gasteiger partial charge in [0.1, 0.15) is 12.0 Å². The molecule has 0 radical (unpaired) electrons. The van der Waals surface area contributed by atoms with Crippen molar-refractivity contribution in [1.29, 1.82) is 0 Å². The summed E-state index contributed by atoms with van der Waals surface area (Å²) in [7, 11) is 1.63. The normalized spacial score (nSPS) is 13.1. The summed E-state index contributed by atoms with van der Waals surface area (Å²) in [5.41, 5.74) is 2.15. The number of ether oxygens (including phenoxy) is 3. The fourth-order valence-corrected chi connectivity index (χ4v) is 3.38. The van der Waals surface area contributed by atoms with Crippen LogP contribution in [0, 0.1) is 5.92 Å². The van der Waals surface area contributed by atoms with Crippen LogP contribution in [0.15, 0.2) is 53.1 Å². The van der Waals surface area contributed by atoms with Crippen molar-refractivity contribution in [1.82, 2.24) is 4.98 Å². The molecule has 6 heteroatoms. The molecule has 0 saturated heterocycles. The van der Waals surface area contributed by atoms with Crippen LogP contribution in [0.3, 0.4) is 0 Å². The summed E-state index contributed by atoms with van der Waals surface area (Å²) in [5.74, 6) is 3.19. The smallest absolute Gasteiger partial charge is 0.226 e. The van der Waals surface area contributed by atoms with Gasteiger partial charge in [-0.25, -0.2) is 4.98 Å². The largest absolute Gasteiger partial charge is 0.493 e. The highest BCUT2D eigenvalue weighted by molar-refractivity contribution is 5.98. The summed E-state index contributed by atoms with van der Waals surface area (Å²) < 4.78 is 22.7. The van der Waals surface area contributed by atoms with Crippen LogP contribution in [-0.4, -0.2) is 31.1 Å². The first-order valence-electron chi connectivity index (χ1n) is 11.2. The number of carbonyl (C=O) groups is 1. The van der Waals surface area contributed by atoms with Gasteiger partial charge in [-0.15, -0.1) is 0 Å². The van der Waals surface area contributed by atoms with Gasteiger partial charge < -0.3 is 18.6 Å². The molecule has 4 rings (SSSR count). The fourth-order valence-electron chi connectivity index (χ4n) is 3.38. The van der Waals surface area contributed by atoms with E-state index in [2.05, 4.69) is 4.98 Å². The molecule has 32 heavy (non-hydrogen) atoms. The van der Waals surface area contributed by atoms with E-state index >= 15 is 0 Å². The summed E-state index contributed by atoms with van der Waals surface area (Å²) in [4.78, 5) is 17.3. The topological polar surface area (TPSA) is 70.8 Å². The molecule has 6 nitrogen and oxygen atoms in total. The highest BCUT2D eigenvalue weighted by Crippen LogP contribution is 2.35. The number of aromatic nitrogens is 1. The molecule has 1 aliphatic rings. The van der Waals surface area contributed by atoms with E-state index < -0.39 is 0 Å². The monoisotopic (exact) mass is 435 g/mol. The molecule has 1 aromatic heterocycles. The molecule has 0 spiro atoms. The molecule has 3 aromatic rings. The quantitative estimate of drug-likeness (QED) is 0.338. The van der Waals surface area contributed by atoms with E-state index in [1.807, 2.05) is 49.4 Å². The van der Waals surface area contributed by atoms with Crippen LogP contribution in [0.25, 0.3) is 11.5 Å². The Morgan fingerprint density at radius 1 is 1.09 bits per heavy atom. The van der Waals surface area contributed by atoms with Gasteiger partial charge in [0.25, 0.3) is 0 Å². The van der Waals surface area contributed by atoms with Gasteiger partial charge in [0.2, 0.25) is 5.89 Å². The third-order valence-electron chi connectivity index (χ3n) is 5.39. The molecule has 1 fully saturated rings. The van der Waals surface area contributed by atoms with Crippen LogP contribution < -0.4 is 14.2 Å². The van der Waals surface area contributed by atoms with Gasteiger partial charge in [-0.2, -0.15) is 0 Å². The van der Waals surface area contributed by atoms with E-state index in [0.29, 0.717) is 60.7 Å². The minimum Gasteiger partial charge on any atom is -0.493 e. The van der Waals surface area contributed by atoms with Gasteiger partial charge >= 0.3 is 0 Å². The summed E-state index contributed by atoms with van der Waals surface area (Å²) in [6.07, 6.45) is 5.76. The van der Waals surface area contributed by atoms with Gasteiger partial charge in [0.05, 0.1) is 31.6 Å². The number of oxazole rings is 1. The second-order valence-corrected chi connectivity index (χ2v) is 8.03. The van der Waals surface area contributed by atoms with Gasteiger partial charge in [-0.05, 0) is 55.5 Å². The summed E-state index contributed by atoms with van der Waals surface area (Å²) in [6, 6.07) is 13.0. The van der Waals surface area contributed by atoms with E-state index in [-0.39, 0.29) is 5.78 Å². The molecule has 2 aromatic carbocycles. The summed E-state index contributed by atoms with van der Waals surface area (Å²) >= 11 is 0. The minimum absolute atomic E-state index is 0.0291. The van der Waals surface area contributed by atoms with E-state index in [1.54, 1.807) is 13.4 Å². The maximum Gasteiger partial charge on any atom is 0.226 e. The lowest BCUT2D eigenvalue weighted by Gasteiger charge is -2.11. The molecular formula is C26H29NO5. The number of hydrogen-bond acceptors (Lipinski definition) is 6. The van der Waals surface area contributed by atoms with Crippen molar-refractivity contribution < 1.29 is 23.4 Å². The Morgan fingerprint density at radius 2 is 1.94 bits per heavy atom. The molecule has 0 bridgehead atoms. The number of benzene rings is 2. The predicted molar refractivity (Wildman–Crippen MR) is 122 cm³/mol. The highest BCUT2D eigenvalue weighted by atomic mass is 16.5. The van der Waals surface area contributed by atoms with Gasteiger partial charge in [-0.1, -0.05) is 19.1 Å². The van der Waals surface area contributed by atoms with Crippen LogP contribution in [0.2, 0.25) is 0 Å². The molecule has 0 amide bonds. The van der Waals surface area contributed by atoms with Crippen LogP contribution in [0.1, 0.15) is 48.7 Å². The lowest BCUT2D eigenvalue weighted by Crippen LogP contribution is -2.06. The van der Waals surface area contributed by atoms with Crippen molar-refractivity contribution in [2.45, 2.75) is 39.0 Å². The van der Waals surface area contributed by atoms with Crippen LogP contribution in [0.4, 0.5) is 0 Å². The standard InChI is InChI=1S/C26H29NO5/c1-3-14-30-23-7-5-4-6-21(23)22(28)12-11-20-17-32-26(27-20)19-10-13-24(29-2)25(15-19)31-16-18-8-9-18/h4-7,10,13,15,17-18H,3,8-9,11-12,14,16H2,1-2H3. The lowest BCUT2D eigenvalue weighted by molar-refractivity contribution is 0.0978. The zero-order chi connectivity index (χ0) is 22.3. The van der Waals surface area contributed by atoms with Crippen molar-refractivity contribution in [3.05, 3.63) is 60.0 Å². The van der Waals surface area contributed by atoms with Crippen molar-refractivity contribution in [2.75, 3.05) is 20.3 Å². The number of methoxy groups -OCH3 is 1. The van der Waals surface area contributed by atoms with E-state index in [1.165, 1.54) is 12.8 Å². The first-order valence-corrected chi connectivity index (χ1v) is 11.2. The summed E-state index contributed by atoms with van der Waals surface area (Å²) in [6.45, 7) is 3.32. The average Bonchev–Trinajstić information content (AvgIpc) is 3.54. The lowest BCUT2D eigenvalue weighted by atomic mass is 10.0. The Hall–Kier alpha value is -3.28. The minimum atomic E-state index is 0.0291. The Kier molecular flexibility index (Phi) is 7.10. The highest BCUT2D eigenvalue weighted by Gasteiger charge is 2.23. The van der Waals surface area contributed by atoms with Crippen molar-refractivity contribution in [3.8, 4) is 28.7 Å². The Morgan fingerprint density at radius 3 is 2.72 bits per heavy atom. The molecule has 1 heterocycles. The van der Waals surface area contributed by atoms with E-state index in [0.717, 1.165) is 17.7 Å². The molecular weight excluding hydrogens is 406 g/mol. The Bertz CT molecular complexity index is 1050. The van der Waals surface area contributed by atoms with Crippen LogP contribution >= 0.6 is 0 Å². The van der Waals surface area contributed by atoms with Crippen molar-refractivity contribution in [3.63, 3.8) is 0 Å². The van der Waals surface area contributed by atoms with Crippen molar-refractivity contribution >= 4 is 5.78 Å². The van der Waals surface area contributed by atoms with Crippen molar-refractivity contribution in [2.24, 2.45) is 5.92 Å². The molecule has 1 aliphatic carbocycles. The predicted octanol–water partition coefficient (Wildman–Crippen LogP) is 5.74. The average molecular weight is 436 g/mol. The van der Waals surface area contributed by atoms with E-state index in [9.17, 15) is 4.79 Å². The Balaban J connectivity index is 1.41. The number of Topliss-reactive ketones (excluding diaryl/α,β-unsaturated/α-hetero) is 1. The Labute approximate surface area is 188 Å². The molecule has 0 aliphatic heterocycles. The zero-order valence-electron chi connectivity index (χ0n) is 18.6. The van der Waals surface area contributed by atoms with Gasteiger partial charge in [0.15, 0.2) is 17.3 Å². The maximum absolute atomic E-state index is 12.8. The molecule has 168 valence electrons. The number of carbonyl (C=O) groups excluding carboxylic acids is 1. The number of hydrogen-bond donors (Lipinski definition) is 0. The number of aryl methyl sites for hydroxylation is 1. The van der Waals surface area contributed by atoms with E-state index in [4.69, 9.17) is 18.6 Å². The zero-order valence-corrected chi connectivity index (χ0v) is 18.6. The van der Waals surface area contributed by atoms with Crippen LogP contribution in [0.5, 0.6) is 17.2 Å². The number of nitrogens with zero attached hydrogens (tertiary/aromatic N) is 1. The third-order valence-corrected chi connectivity index (χ3v) is 5.39.